The van der Waals surface area contributed by atoms with Gasteiger partial charge in [0.1, 0.15) is 5.75 Å². The van der Waals surface area contributed by atoms with Crippen molar-refractivity contribution in [2.75, 3.05) is 12.8 Å². The molecule has 1 heterocycles. The number of rotatable bonds is 8. The lowest BCUT2D eigenvalue weighted by Gasteiger charge is -2.45. The van der Waals surface area contributed by atoms with E-state index in [1.54, 1.807) is 0 Å². The number of nitrogens with zero attached hydrogens (tertiary/aromatic N) is 1. The van der Waals surface area contributed by atoms with E-state index in [-0.39, 0.29) is 31.2 Å². The van der Waals surface area contributed by atoms with E-state index in [4.69, 9.17) is 0 Å². The van der Waals surface area contributed by atoms with E-state index >= 15 is 0 Å². The first-order valence-corrected chi connectivity index (χ1v) is 20.1. The van der Waals surface area contributed by atoms with Gasteiger partial charge in [0.25, 0.3) is 0 Å². The van der Waals surface area contributed by atoms with Crippen molar-refractivity contribution in [1.82, 2.24) is 4.31 Å². The lowest BCUT2D eigenvalue weighted by Crippen LogP contribution is -2.53. The zero-order chi connectivity index (χ0) is 37.5. The summed E-state index contributed by atoms with van der Waals surface area (Å²) in [7, 11) is -3.90. The van der Waals surface area contributed by atoms with Crippen LogP contribution in [0.5, 0.6) is 5.75 Å². The monoisotopic (exact) mass is 755 g/mol. The largest absolute Gasteiger partial charge is 0.573 e. The Morgan fingerprint density at radius 1 is 1.04 bits per heavy atom. The number of aliphatic hydroxyl groups is 2. The highest BCUT2D eigenvalue weighted by Gasteiger charge is 2.58. The highest BCUT2D eigenvalue weighted by Crippen LogP contribution is 2.59. The maximum Gasteiger partial charge on any atom is 0.573 e. The molecule has 12 heteroatoms. The van der Waals surface area contributed by atoms with Crippen molar-refractivity contribution in [2.45, 2.75) is 89.3 Å². The van der Waals surface area contributed by atoms with Gasteiger partial charge in [-0.15, -0.1) is 24.5 Å². The lowest BCUT2D eigenvalue weighted by atomic mass is 9.65. The molecule has 1 aromatic heterocycles. The number of fused-ring (bicyclic) bond motifs is 9. The van der Waals surface area contributed by atoms with Crippen LogP contribution in [0, 0.1) is 5.41 Å². The van der Waals surface area contributed by atoms with Gasteiger partial charge in [-0.1, -0.05) is 61.0 Å². The highest BCUT2D eigenvalue weighted by atomic mass is 32.2. The third kappa shape index (κ3) is 8.31. The quantitative estimate of drug-likeness (QED) is 0.138. The molecule has 7 rings (SSSR count). The molecule has 2 N–H and O–H groups in total. The number of ketones is 1. The van der Waals surface area contributed by atoms with Crippen molar-refractivity contribution in [1.29, 1.82) is 0 Å². The number of ether oxygens (including phenoxy) is 1. The number of alkyl halides is 3. The smallest absolute Gasteiger partial charge is 0.406 e. The summed E-state index contributed by atoms with van der Waals surface area (Å²) in [6.45, 7) is 3.59. The van der Waals surface area contributed by atoms with Crippen molar-refractivity contribution in [3.8, 4) is 5.75 Å². The molecule has 0 radical (unpaired) electrons. The van der Waals surface area contributed by atoms with E-state index in [1.165, 1.54) is 27.8 Å². The first kappa shape index (κ1) is 38.2. The van der Waals surface area contributed by atoms with Gasteiger partial charge >= 0.3 is 6.36 Å². The van der Waals surface area contributed by atoms with Crippen LogP contribution >= 0.6 is 11.3 Å². The number of aliphatic hydroxyl groups excluding tert-OH is 1. The fourth-order valence-electron chi connectivity index (χ4n) is 8.01. The summed E-state index contributed by atoms with van der Waals surface area (Å²) in [5.41, 5.74) is 1.27. The van der Waals surface area contributed by atoms with E-state index < -0.39 is 39.3 Å². The van der Waals surface area contributed by atoms with Gasteiger partial charge in [0, 0.05) is 28.8 Å². The van der Waals surface area contributed by atoms with E-state index in [1.807, 2.05) is 62.4 Å². The summed E-state index contributed by atoms with van der Waals surface area (Å²) in [4.78, 5) is 15.1. The van der Waals surface area contributed by atoms with Crippen molar-refractivity contribution in [2.24, 2.45) is 5.41 Å². The van der Waals surface area contributed by atoms with Crippen LogP contribution in [0.4, 0.5) is 13.2 Å². The molecule has 1 fully saturated rings. The minimum Gasteiger partial charge on any atom is -0.406 e. The summed E-state index contributed by atoms with van der Waals surface area (Å²) in [5, 5.41) is 24.6. The van der Waals surface area contributed by atoms with Crippen LogP contribution in [0.15, 0.2) is 84.4 Å². The van der Waals surface area contributed by atoms with Crippen molar-refractivity contribution >= 4 is 37.2 Å². The fourth-order valence-corrected chi connectivity index (χ4v) is 9.85. The molecule has 0 aliphatic heterocycles. The molecule has 3 aliphatic carbocycles. The van der Waals surface area contributed by atoms with Crippen LogP contribution in [0.2, 0.25) is 0 Å². The van der Waals surface area contributed by atoms with Crippen LogP contribution in [-0.2, 0) is 23.0 Å². The number of carbonyl (C=O) groups excluding carboxylic acids is 1. The van der Waals surface area contributed by atoms with Crippen LogP contribution in [-0.4, -0.2) is 59.6 Å². The number of halogens is 3. The van der Waals surface area contributed by atoms with Crippen LogP contribution in [0.1, 0.15) is 90.2 Å². The average Bonchev–Trinajstić information content (AvgIpc) is 3.61. The average molecular weight is 756 g/mol. The van der Waals surface area contributed by atoms with E-state index in [0.717, 1.165) is 45.2 Å². The van der Waals surface area contributed by atoms with Gasteiger partial charge in [0.2, 0.25) is 15.8 Å². The fraction of sp³-hybridized carbons (Fsp3) is 0.425. The summed E-state index contributed by atoms with van der Waals surface area (Å²) in [6.07, 6.45) is 1.20. The predicted molar refractivity (Wildman–Crippen MR) is 197 cm³/mol. The predicted octanol–water partition coefficient (Wildman–Crippen LogP) is 8.53. The van der Waals surface area contributed by atoms with Crippen molar-refractivity contribution in [3.05, 3.63) is 112 Å². The first-order valence-electron chi connectivity index (χ1n) is 17.5. The maximum absolute atomic E-state index is 14.5. The number of hydrogen-bond donors (Lipinski definition) is 2. The Bertz CT molecular complexity index is 2040. The van der Waals surface area contributed by atoms with Crippen molar-refractivity contribution in [3.63, 3.8) is 0 Å². The molecule has 1 saturated carbocycles. The van der Waals surface area contributed by atoms with Gasteiger partial charge in [-0.3, -0.25) is 4.79 Å². The van der Waals surface area contributed by atoms with E-state index in [9.17, 15) is 36.6 Å². The second-order valence-corrected chi connectivity index (χ2v) is 17.7. The Balaban J connectivity index is 1.39. The zero-order valence-electron chi connectivity index (χ0n) is 29.4. The van der Waals surface area contributed by atoms with Gasteiger partial charge < -0.3 is 14.9 Å². The van der Waals surface area contributed by atoms with Gasteiger partial charge in [0.15, 0.2) is 0 Å². The maximum atomic E-state index is 14.5. The molecule has 4 atom stereocenters. The molecule has 3 aliphatic rings. The molecule has 52 heavy (non-hydrogen) atoms. The normalized spacial score (nSPS) is 24.4. The molecule has 7 nitrogen and oxygen atoms in total. The minimum atomic E-state index is -4.86. The Kier molecular flexibility index (Phi) is 10.8. The number of carbonyl (C=O) groups is 1. The Hall–Kier alpha value is -3.55. The zero-order valence-corrected chi connectivity index (χ0v) is 31.1. The number of thiophene rings is 1. The second-order valence-electron chi connectivity index (χ2n) is 14.6. The second kappa shape index (κ2) is 14.7. The van der Waals surface area contributed by atoms with E-state index in [2.05, 4.69) is 10.8 Å². The summed E-state index contributed by atoms with van der Waals surface area (Å²) in [5.74, 6) is -0.873. The van der Waals surface area contributed by atoms with Crippen LogP contribution in [0.3, 0.4) is 0 Å². The number of benzene rings is 3. The molecular weight excluding hydrogens is 712 g/mol. The highest BCUT2D eigenvalue weighted by molar-refractivity contribution is 7.88. The van der Waals surface area contributed by atoms with Crippen LogP contribution < -0.4 is 4.74 Å². The van der Waals surface area contributed by atoms with E-state index in [0.29, 0.717) is 54.5 Å². The van der Waals surface area contributed by atoms with Crippen LogP contribution in [0.25, 0.3) is 10.1 Å². The van der Waals surface area contributed by atoms with Gasteiger partial charge in [-0.25, -0.2) is 8.42 Å². The van der Waals surface area contributed by atoms with Crippen molar-refractivity contribution < 1.29 is 41.3 Å². The SMILES string of the molecule is CC1=CCCC2(C)C(CCC2(O)CN(Cc2ccc(OC(F)(F)F)cc2)S(C)(=O)=O)c2ccc(cc2C(=O)c2cc3ccccc3s2)CC(O)CC1. The number of sulfonamides is 1. The molecular formula is C40H44F3NO6S2. The third-order valence-electron chi connectivity index (χ3n) is 11.0. The standard InChI is InChI=1S/C40H44F3NO6S2/c1-26-7-6-19-38(2)34(18-20-39(38,47)25-44(52(3,48)49)24-27-11-15-31(16-12-27)50-40(41,42)43)32-17-13-28(21-30(45)14-10-26)22-33(32)37(46)36-23-29-8-4-5-9-35(29)51-36/h4-5,7-9,11-13,15-17,22-23,30,34,45,47H,6,10,14,18-21,24-25H2,1-3H3. The topological polar surface area (TPSA) is 104 Å². The first-order chi connectivity index (χ1) is 24.4. The lowest BCUT2D eigenvalue weighted by molar-refractivity contribution is -0.274. The Morgan fingerprint density at radius 2 is 1.77 bits per heavy atom. The van der Waals surface area contributed by atoms with Gasteiger partial charge in [-0.05, 0) is 110 Å². The molecule has 3 aromatic carbocycles. The molecule has 0 saturated heterocycles. The van der Waals surface area contributed by atoms with Gasteiger partial charge in [0.05, 0.1) is 22.8 Å². The molecule has 4 aromatic rings. The van der Waals surface area contributed by atoms with Gasteiger partial charge in [-0.2, -0.15) is 4.31 Å². The number of hydrogen-bond acceptors (Lipinski definition) is 7. The Morgan fingerprint density at radius 3 is 2.46 bits per heavy atom. The molecule has 2 bridgehead atoms. The minimum absolute atomic E-state index is 0.135. The summed E-state index contributed by atoms with van der Waals surface area (Å²) >= 11 is 1.42. The molecule has 4 unspecified atom stereocenters. The molecule has 0 amide bonds. The molecule has 0 spiro atoms. The Labute approximate surface area is 306 Å². The summed E-state index contributed by atoms with van der Waals surface area (Å²) < 4.78 is 70.9. The summed E-state index contributed by atoms with van der Waals surface area (Å²) in [6, 6.07) is 20.5. The number of allylic oxidation sites excluding steroid dienone is 2. The third-order valence-corrected chi connectivity index (χ3v) is 13.3. The molecule has 278 valence electrons.